The summed E-state index contributed by atoms with van der Waals surface area (Å²) in [6, 6.07) is 3.99. The van der Waals surface area contributed by atoms with Gasteiger partial charge in [-0.25, -0.2) is 0 Å². The van der Waals surface area contributed by atoms with Crippen LogP contribution in [0.25, 0.3) is 0 Å². The molecule has 0 saturated heterocycles. The van der Waals surface area contributed by atoms with Crippen molar-refractivity contribution in [2.24, 2.45) is 0 Å². The van der Waals surface area contributed by atoms with E-state index < -0.39 is 0 Å². The highest BCUT2D eigenvalue weighted by Gasteiger charge is 2.16. The van der Waals surface area contributed by atoms with E-state index >= 15 is 0 Å². The van der Waals surface area contributed by atoms with Crippen molar-refractivity contribution in [3.8, 4) is 0 Å². The van der Waals surface area contributed by atoms with Crippen molar-refractivity contribution >= 4 is 27.3 Å². The number of allylic oxidation sites excluding steroid dienone is 1. The summed E-state index contributed by atoms with van der Waals surface area (Å²) in [6.07, 6.45) is 6.49. The fourth-order valence-electron chi connectivity index (χ4n) is 1.77. The molecule has 1 nitrogen and oxygen atoms in total. The molecule has 3 heteroatoms. The summed E-state index contributed by atoms with van der Waals surface area (Å²) in [4.78, 5) is 1.05. The van der Waals surface area contributed by atoms with E-state index in [4.69, 9.17) is 0 Å². The van der Waals surface area contributed by atoms with Crippen LogP contribution in [0.15, 0.2) is 27.6 Å². The van der Waals surface area contributed by atoms with Crippen molar-refractivity contribution in [3.05, 3.63) is 32.4 Å². The molecular weight excluding hydrogens is 260 g/mol. The monoisotopic (exact) mass is 272 g/mol. The predicted octanol–water partition coefficient (Wildman–Crippen LogP) is 4.04. The molecule has 0 fully saturated rings. The minimum atomic E-state index is -0.369. The molecular formula is C11H13BrOS. The van der Waals surface area contributed by atoms with E-state index in [-0.39, 0.29) is 6.10 Å². The SMILES string of the molecule is OC(C1=CCCCC1)c1ccc(Br)s1. The first-order chi connectivity index (χ1) is 6.77. The maximum absolute atomic E-state index is 10.1. The van der Waals surface area contributed by atoms with Gasteiger partial charge in [-0.1, -0.05) is 6.08 Å². The zero-order valence-corrected chi connectivity index (χ0v) is 10.3. The van der Waals surface area contributed by atoms with E-state index in [1.165, 1.54) is 18.4 Å². The molecule has 1 aliphatic rings. The van der Waals surface area contributed by atoms with Crippen molar-refractivity contribution < 1.29 is 5.11 Å². The number of hydrogen-bond acceptors (Lipinski definition) is 2. The Bertz CT molecular complexity index is 343. The number of halogens is 1. The zero-order valence-electron chi connectivity index (χ0n) is 7.87. The van der Waals surface area contributed by atoms with Crippen molar-refractivity contribution in [2.45, 2.75) is 31.8 Å². The Labute approximate surface area is 96.6 Å². The molecule has 1 aromatic heterocycles. The molecule has 0 radical (unpaired) electrons. The van der Waals surface area contributed by atoms with Gasteiger partial charge >= 0.3 is 0 Å². The highest BCUT2D eigenvalue weighted by molar-refractivity contribution is 9.11. The van der Waals surface area contributed by atoms with Crippen LogP contribution in [0, 0.1) is 0 Å². The number of aliphatic hydroxyl groups excluding tert-OH is 1. The van der Waals surface area contributed by atoms with E-state index in [2.05, 4.69) is 22.0 Å². The van der Waals surface area contributed by atoms with Gasteiger partial charge in [0.05, 0.1) is 3.79 Å². The van der Waals surface area contributed by atoms with Gasteiger partial charge in [0, 0.05) is 4.88 Å². The summed E-state index contributed by atoms with van der Waals surface area (Å²) >= 11 is 5.03. The lowest BCUT2D eigenvalue weighted by Gasteiger charge is -2.17. The van der Waals surface area contributed by atoms with Gasteiger partial charge in [0.15, 0.2) is 0 Å². The van der Waals surface area contributed by atoms with Gasteiger partial charge in [0.2, 0.25) is 0 Å². The minimum absolute atomic E-state index is 0.369. The Hall–Kier alpha value is -0.120. The number of aliphatic hydroxyl groups is 1. The summed E-state index contributed by atoms with van der Waals surface area (Å²) < 4.78 is 1.09. The molecule has 1 aliphatic carbocycles. The third kappa shape index (κ3) is 2.27. The lowest BCUT2D eigenvalue weighted by molar-refractivity contribution is 0.212. The topological polar surface area (TPSA) is 20.2 Å². The van der Waals surface area contributed by atoms with Crippen molar-refractivity contribution in [2.75, 3.05) is 0 Å². The Morgan fingerprint density at radius 3 is 2.79 bits per heavy atom. The van der Waals surface area contributed by atoms with Crippen LogP contribution in [0.4, 0.5) is 0 Å². The van der Waals surface area contributed by atoms with Crippen LogP contribution in [0.1, 0.15) is 36.7 Å². The quantitative estimate of drug-likeness (QED) is 0.806. The van der Waals surface area contributed by atoms with E-state index in [0.717, 1.165) is 21.5 Å². The zero-order chi connectivity index (χ0) is 9.97. The second-order valence-electron chi connectivity index (χ2n) is 3.57. The molecule has 0 aliphatic heterocycles. The van der Waals surface area contributed by atoms with Crippen molar-refractivity contribution in [1.29, 1.82) is 0 Å². The van der Waals surface area contributed by atoms with Crippen LogP contribution in [0.2, 0.25) is 0 Å². The third-order valence-electron chi connectivity index (χ3n) is 2.54. The Balaban J connectivity index is 2.14. The maximum atomic E-state index is 10.1. The molecule has 1 heterocycles. The van der Waals surface area contributed by atoms with Gasteiger partial charge in [0.1, 0.15) is 6.10 Å². The fourth-order valence-corrected chi connectivity index (χ4v) is 3.22. The van der Waals surface area contributed by atoms with Crippen molar-refractivity contribution in [1.82, 2.24) is 0 Å². The normalized spacial score (nSPS) is 19.1. The minimum Gasteiger partial charge on any atom is -0.383 e. The summed E-state index contributed by atoms with van der Waals surface area (Å²) in [5.41, 5.74) is 1.20. The highest BCUT2D eigenvalue weighted by Crippen LogP contribution is 2.34. The first-order valence-electron chi connectivity index (χ1n) is 4.89. The van der Waals surface area contributed by atoms with Crippen LogP contribution in [-0.2, 0) is 0 Å². The van der Waals surface area contributed by atoms with Gasteiger partial charge in [-0.3, -0.25) is 0 Å². The van der Waals surface area contributed by atoms with Crippen molar-refractivity contribution in [3.63, 3.8) is 0 Å². The Morgan fingerprint density at radius 1 is 1.36 bits per heavy atom. The lowest BCUT2D eigenvalue weighted by atomic mass is 9.95. The number of rotatable bonds is 2. The summed E-state index contributed by atoms with van der Waals surface area (Å²) in [5, 5.41) is 10.1. The van der Waals surface area contributed by atoms with E-state index in [0.29, 0.717) is 0 Å². The Kier molecular flexibility index (Phi) is 3.42. The molecule has 0 spiro atoms. The van der Waals surface area contributed by atoms with Gasteiger partial charge in [0.25, 0.3) is 0 Å². The third-order valence-corrected chi connectivity index (χ3v) is 4.22. The van der Waals surface area contributed by atoms with E-state index in [9.17, 15) is 5.11 Å². The molecule has 0 saturated carbocycles. The predicted molar refractivity (Wildman–Crippen MR) is 63.5 cm³/mol. The molecule has 1 unspecified atom stereocenters. The van der Waals surface area contributed by atoms with Gasteiger partial charge in [-0.05, 0) is 59.3 Å². The van der Waals surface area contributed by atoms with Crippen LogP contribution >= 0.6 is 27.3 Å². The molecule has 76 valence electrons. The van der Waals surface area contributed by atoms with Gasteiger partial charge in [-0.15, -0.1) is 11.3 Å². The van der Waals surface area contributed by atoms with Crippen LogP contribution in [0.3, 0.4) is 0 Å². The smallest absolute Gasteiger partial charge is 0.109 e. The first kappa shape index (κ1) is 10.4. The van der Waals surface area contributed by atoms with E-state index in [1.807, 2.05) is 12.1 Å². The standard InChI is InChI=1S/C11H13BrOS/c12-10-7-6-9(14-10)11(13)8-4-2-1-3-5-8/h4,6-7,11,13H,1-3,5H2. The largest absolute Gasteiger partial charge is 0.383 e. The van der Waals surface area contributed by atoms with E-state index in [1.54, 1.807) is 11.3 Å². The number of hydrogen-bond donors (Lipinski definition) is 1. The average molecular weight is 273 g/mol. The molecule has 14 heavy (non-hydrogen) atoms. The molecule has 1 N–H and O–H groups in total. The molecule has 1 aromatic rings. The summed E-state index contributed by atoms with van der Waals surface area (Å²) in [7, 11) is 0. The molecule has 1 atom stereocenters. The molecule has 2 rings (SSSR count). The first-order valence-corrected chi connectivity index (χ1v) is 6.50. The fraction of sp³-hybridized carbons (Fsp3) is 0.455. The highest BCUT2D eigenvalue weighted by atomic mass is 79.9. The molecule has 0 bridgehead atoms. The molecule has 0 aromatic carbocycles. The van der Waals surface area contributed by atoms with Crippen LogP contribution < -0.4 is 0 Å². The average Bonchev–Trinajstić information content (AvgIpc) is 2.65. The summed E-state index contributed by atoms with van der Waals surface area (Å²) in [5.74, 6) is 0. The maximum Gasteiger partial charge on any atom is 0.109 e. The lowest BCUT2D eigenvalue weighted by Crippen LogP contribution is -2.02. The van der Waals surface area contributed by atoms with Crippen LogP contribution in [0.5, 0.6) is 0 Å². The summed E-state index contributed by atoms with van der Waals surface area (Å²) in [6.45, 7) is 0. The second kappa shape index (κ2) is 4.60. The van der Waals surface area contributed by atoms with Crippen LogP contribution in [-0.4, -0.2) is 5.11 Å². The number of thiophene rings is 1. The van der Waals surface area contributed by atoms with Gasteiger partial charge in [-0.2, -0.15) is 0 Å². The molecule has 0 amide bonds. The Morgan fingerprint density at radius 2 is 2.21 bits per heavy atom. The van der Waals surface area contributed by atoms with Gasteiger partial charge < -0.3 is 5.11 Å². The second-order valence-corrected chi connectivity index (χ2v) is 6.06.